The first-order chi connectivity index (χ1) is 9.76. The van der Waals surface area contributed by atoms with Crippen molar-refractivity contribution in [2.45, 2.75) is 26.2 Å². The van der Waals surface area contributed by atoms with Gasteiger partial charge in [-0.1, -0.05) is 29.8 Å². The number of fused-ring (bicyclic) bond motifs is 1. The molecule has 0 spiro atoms. The van der Waals surface area contributed by atoms with Crippen molar-refractivity contribution in [2.24, 2.45) is 0 Å². The fourth-order valence-corrected chi connectivity index (χ4v) is 2.88. The summed E-state index contributed by atoms with van der Waals surface area (Å²) in [5, 5.41) is 3.50. The van der Waals surface area contributed by atoms with Crippen LogP contribution in [0.25, 0.3) is 0 Å². The molecule has 2 aromatic carbocycles. The van der Waals surface area contributed by atoms with E-state index in [1.54, 1.807) is 7.11 Å². The lowest BCUT2D eigenvalue weighted by Crippen LogP contribution is -2.11. The van der Waals surface area contributed by atoms with Crippen molar-refractivity contribution in [1.29, 1.82) is 0 Å². The van der Waals surface area contributed by atoms with Crippen LogP contribution in [0.1, 0.15) is 28.7 Å². The molecule has 2 heteroatoms. The van der Waals surface area contributed by atoms with E-state index in [-0.39, 0.29) is 0 Å². The molecule has 2 nitrogen and oxygen atoms in total. The van der Waals surface area contributed by atoms with Gasteiger partial charge in [-0.25, -0.2) is 0 Å². The molecular formula is C18H21NO. The van der Waals surface area contributed by atoms with E-state index >= 15 is 0 Å². The van der Waals surface area contributed by atoms with E-state index in [1.165, 1.54) is 40.8 Å². The van der Waals surface area contributed by atoms with Gasteiger partial charge in [-0.2, -0.15) is 0 Å². The predicted octanol–water partition coefficient (Wildman–Crippen LogP) is 3.95. The van der Waals surface area contributed by atoms with E-state index in [0.717, 1.165) is 18.7 Å². The van der Waals surface area contributed by atoms with Crippen LogP contribution in [-0.4, -0.2) is 13.7 Å². The summed E-state index contributed by atoms with van der Waals surface area (Å²) < 4.78 is 5.47. The molecule has 0 unspecified atom stereocenters. The maximum atomic E-state index is 5.47. The normalized spacial score (nSPS) is 13.5. The number of aryl methyl sites for hydroxylation is 2. The van der Waals surface area contributed by atoms with Crippen molar-refractivity contribution in [3.8, 4) is 5.75 Å². The average Bonchev–Trinajstić information content (AvgIpc) is 2.47. The second-order valence-electron chi connectivity index (χ2n) is 5.51. The lowest BCUT2D eigenvalue weighted by Gasteiger charge is -2.19. The summed E-state index contributed by atoms with van der Waals surface area (Å²) in [7, 11) is 1.74. The van der Waals surface area contributed by atoms with E-state index in [1.807, 2.05) is 0 Å². The molecule has 2 aromatic rings. The minimum absolute atomic E-state index is 0.916. The largest absolute Gasteiger partial charge is 0.496 e. The molecule has 0 amide bonds. The number of ether oxygens (including phenoxy) is 1. The fraction of sp³-hybridized carbons (Fsp3) is 0.333. The van der Waals surface area contributed by atoms with Crippen molar-refractivity contribution in [2.75, 3.05) is 19.0 Å². The molecule has 0 radical (unpaired) electrons. The van der Waals surface area contributed by atoms with E-state index in [0.29, 0.717) is 0 Å². The van der Waals surface area contributed by atoms with Crippen molar-refractivity contribution in [1.82, 2.24) is 0 Å². The number of nitrogens with one attached hydrogen (secondary N) is 1. The van der Waals surface area contributed by atoms with Crippen LogP contribution in [0.15, 0.2) is 36.4 Å². The Kier molecular flexibility index (Phi) is 3.64. The molecule has 0 atom stereocenters. The predicted molar refractivity (Wildman–Crippen MR) is 83.8 cm³/mol. The van der Waals surface area contributed by atoms with Crippen LogP contribution in [0.4, 0.5) is 5.69 Å². The highest BCUT2D eigenvalue weighted by Crippen LogP contribution is 2.27. The molecule has 0 fully saturated rings. The number of hydrogen-bond acceptors (Lipinski definition) is 2. The van der Waals surface area contributed by atoms with Gasteiger partial charge in [0.1, 0.15) is 5.75 Å². The Morgan fingerprint density at radius 2 is 2.05 bits per heavy atom. The van der Waals surface area contributed by atoms with E-state index < -0.39 is 0 Å². The maximum Gasteiger partial charge on any atom is 0.122 e. The summed E-state index contributed by atoms with van der Waals surface area (Å²) in [6.45, 7) is 3.21. The van der Waals surface area contributed by atoms with Gasteiger partial charge in [0, 0.05) is 18.7 Å². The van der Waals surface area contributed by atoms with Crippen LogP contribution in [-0.2, 0) is 12.8 Å². The first-order valence-electron chi connectivity index (χ1n) is 7.25. The zero-order valence-electron chi connectivity index (χ0n) is 12.2. The highest BCUT2D eigenvalue weighted by Gasteiger charge is 2.10. The van der Waals surface area contributed by atoms with Gasteiger partial charge in [-0.15, -0.1) is 0 Å². The number of rotatable bonds is 3. The van der Waals surface area contributed by atoms with Gasteiger partial charge in [0.25, 0.3) is 0 Å². The molecule has 1 heterocycles. The second kappa shape index (κ2) is 5.58. The molecule has 0 bridgehead atoms. The maximum absolute atomic E-state index is 5.47. The fourth-order valence-electron chi connectivity index (χ4n) is 2.88. The number of methoxy groups -OCH3 is 1. The van der Waals surface area contributed by atoms with Gasteiger partial charge < -0.3 is 10.1 Å². The van der Waals surface area contributed by atoms with E-state index in [2.05, 4.69) is 48.6 Å². The molecule has 20 heavy (non-hydrogen) atoms. The lowest BCUT2D eigenvalue weighted by atomic mass is 9.97. The van der Waals surface area contributed by atoms with Crippen LogP contribution in [0.2, 0.25) is 0 Å². The number of benzene rings is 2. The van der Waals surface area contributed by atoms with Gasteiger partial charge >= 0.3 is 0 Å². The van der Waals surface area contributed by atoms with Crippen molar-refractivity contribution in [3.63, 3.8) is 0 Å². The minimum atomic E-state index is 0.916. The molecule has 0 saturated carbocycles. The monoisotopic (exact) mass is 267 g/mol. The Morgan fingerprint density at radius 1 is 1.15 bits per heavy atom. The standard InChI is InChI=1S/C18H21NO/c1-13-5-8-18(20-2)16(10-13)11-14-6-7-15-4-3-9-19-17(15)12-14/h5-8,10,12,19H,3-4,9,11H2,1-2H3. The summed E-state index contributed by atoms with van der Waals surface area (Å²) >= 11 is 0. The Bertz CT molecular complexity index is 619. The van der Waals surface area contributed by atoms with Crippen LogP contribution in [0.5, 0.6) is 5.75 Å². The Hall–Kier alpha value is -1.96. The molecule has 1 N–H and O–H groups in total. The van der Waals surface area contributed by atoms with Gasteiger partial charge in [-0.3, -0.25) is 0 Å². The summed E-state index contributed by atoms with van der Waals surface area (Å²) in [5.74, 6) is 0.973. The Morgan fingerprint density at radius 3 is 2.90 bits per heavy atom. The number of anilines is 1. The van der Waals surface area contributed by atoms with Crippen molar-refractivity contribution >= 4 is 5.69 Å². The van der Waals surface area contributed by atoms with E-state index in [9.17, 15) is 0 Å². The number of hydrogen-bond donors (Lipinski definition) is 1. The highest BCUT2D eigenvalue weighted by atomic mass is 16.5. The smallest absolute Gasteiger partial charge is 0.122 e. The third-order valence-electron chi connectivity index (χ3n) is 3.94. The SMILES string of the molecule is COc1ccc(C)cc1Cc1ccc2c(c1)NCCC2. The molecule has 104 valence electrons. The molecule has 0 aromatic heterocycles. The Labute approximate surface area is 120 Å². The first-order valence-corrected chi connectivity index (χ1v) is 7.25. The minimum Gasteiger partial charge on any atom is -0.496 e. The van der Waals surface area contributed by atoms with Crippen LogP contribution in [0.3, 0.4) is 0 Å². The highest BCUT2D eigenvalue weighted by molar-refractivity contribution is 5.56. The Balaban J connectivity index is 1.89. The molecule has 1 aliphatic heterocycles. The lowest BCUT2D eigenvalue weighted by molar-refractivity contribution is 0.410. The summed E-state index contributed by atoms with van der Waals surface area (Å²) in [6, 6.07) is 13.2. The molecule has 0 aliphatic carbocycles. The second-order valence-corrected chi connectivity index (χ2v) is 5.51. The van der Waals surface area contributed by atoms with Gasteiger partial charge in [0.15, 0.2) is 0 Å². The molecule has 1 aliphatic rings. The average molecular weight is 267 g/mol. The summed E-state index contributed by atoms with van der Waals surface area (Å²) in [5.41, 5.74) is 6.61. The zero-order chi connectivity index (χ0) is 13.9. The first kappa shape index (κ1) is 13.0. The summed E-state index contributed by atoms with van der Waals surface area (Å²) in [6.07, 6.45) is 3.34. The van der Waals surface area contributed by atoms with Gasteiger partial charge in [0.05, 0.1) is 7.11 Å². The molecule has 0 saturated heterocycles. The zero-order valence-corrected chi connectivity index (χ0v) is 12.2. The van der Waals surface area contributed by atoms with Crippen LogP contribution in [0, 0.1) is 6.92 Å². The quantitative estimate of drug-likeness (QED) is 0.909. The van der Waals surface area contributed by atoms with Crippen molar-refractivity contribution in [3.05, 3.63) is 58.7 Å². The van der Waals surface area contributed by atoms with Crippen molar-refractivity contribution < 1.29 is 4.74 Å². The third kappa shape index (κ3) is 2.64. The summed E-state index contributed by atoms with van der Waals surface area (Å²) in [4.78, 5) is 0. The molecule has 3 rings (SSSR count). The topological polar surface area (TPSA) is 21.3 Å². The third-order valence-corrected chi connectivity index (χ3v) is 3.94. The molecular weight excluding hydrogens is 246 g/mol. The van der Waals surface area contributed by atoms with E-state index in [4.69, 9.17) is 4.74 Å². The van der Waals surface area contributed by atoms with Gasteiger partial charge in [-0.05, 0) is 48.6 Å². The van der Waals surface area contributed by atoms with Crippen LogP contribution < -0.4 is 10.1 Å². The van der Waals surface area contributed by atoms with Gasteiger partial charge in [0.2, 0.25) is 0 Å². The van der Waals surface area contributed by atoms with Crippen LogP contribution >= 0.6 is 0 Å².